The van der Waals surface area contributed by atoms with Crippen molar-refractivity contribution in [3.05, 3.63) is 24.2 Å². The molecule has 0 spiro atoms. The van der Waals surface area contributed by atoms with Crippen LogP contribution in [-0.2, 0) is 10.3 Å². The molecule has 3 heterocycles. The van der Waals surface area contributed by atoms with Crippen molar-refractivity contribution in [1.29, 1.82) is 0 Å². The van der Waals surface area contributed by atoms with Gasteiger partial charge in [0, 0.05) is 0 Å². The Morgan fingerprint density at radius 1 is 1.52 bits per heavy atom. The summed E-state index contributed by atoms with van der Waals surface area (Å²) in [6, 6.07) is 3.21. The molecular weight excluding hydrogens is 300 g/mol. The average molecular weight is 315 g/mol. The van der Waals surface area contributed by atoms with Crippen molar-refractivity contribution < 1.29 is 20.1 Å². The predicted molar refractivity (Wildman–Crippen MR) is 73.8 cm³/mol. The van der Waals surface area contributed by atoms with Gasteiger partial charge in [0.15, 0.2) is 11.4 Å². The molecule has 3 atom stereocenters. The van der Waals surface area contributed by atoms with Crippen LogP contribution in [0.4, 0.5) is 5.82 Å². The van der Waals surface area contributed by atoms with Crippen molar-refractivity contribution in [2.75, 3.05) is 24.8 Å². The van der Waals surface area contributed by atoms with Crippen molar-refractivity contribution >= 4 is 22.9 Å². The van der Waals surface area contributed by atoms with Gasteiger partial charge in [-0.15, -0.1) is 11.6 Å². The molecule has 2 aromatic rings. The second-order valence-corrected chi connectivity index (χ2v) is 5.40. The largest absolute Gasteiger partial charge is 0.393 e. The maximum atomic E-state index is 10.8. The van der Waals surface area contributed by atoms with Gasteiger partial charge in [-0.25, -0.2) is 9.50 Å². The molecule has 0 unspecified atom stereocenters. The minimum atomic E-state index is -1.76. The van der Waals surface area contributed by atoms with Gasteiger partial charge in [0.25, 0.3) is 0 Å². The summed E-state index contributed by atoms with van der Waals surface area (Å²) in [5.74, 6) is 0.0898. The highest BCUT2D eigenvalue weighted by atomic mass is 35.5. The molecule has 9 heteroatoms. The molecule has 1 saturated heterocycles. The Morgan fingerprint density at radius 2 is 2.29 bits per heavy atom. The molecule has 0 amide bonds. The van der Waals surface area contributed by atoms with E-state index in [9.17, 15) is 15.3 Å². The first-order chi connectivity index (χ1) is 9.98. The van der Waals surface area contributed by atoms with Crippen LogP contribution < -0.4 is 5.73 Å². The molecule has 3 rings (SSSR count). The van der Waals surface area contributed by atoms with E-state index in [1.165, 1.54) is 10.8 Å². The van der Waals surface area contributed by atoms with Crippen LogP contribution in [0, 0.1) is 0 Å². The summed E-state index contributed by atoms with van der Waals surface area (Å²) in [6.07, 6.45) is -0.167. The second-order valence-electron chi connectivity index (χ2n) is 5.13. The SMILES string of the molecule is Nc1ncnn2c([C@@]3(O)CO[C@@](CO)(CCl)[C@H]3O)ccc12. The van der Waals surface area contributed by atoms with E-state index >= 15 is 0 Å². The lowest BCUT2D eigenvalue weighted by Gasteiger charge is -2.31. The third-order valence-corrected chi connectivity index (χ3v) is 4.40. The lowest BCUT2D eigenvalue weighted by Crippen LogP contribution is -2.52. The number of nitrogen functional groups attached to an aromatic ring is 1. The highest BCUT2D eigenvalue weighted by molar-refractivity contribution is 6.18. The van der Waals surface area contributed by atoms with E-state index in [0.717, 1.165) is 0 Å². The quantitative estimate of drug-likeness (QED) is 0.527. The molecular formula is C12H15ClN4O4. The maximum Gasteiger partial charge on any atom is 0.158 e. The highest BCUT2D eigenvalue weighted by Gasteiger charge is 2.59. The molecule has 0 saturated carbocycles. The van der Waals surface area contributed by atoms with Crippen LogP contribution in [0.3, 0.4) is 0 Å². The van der Waals surface area contributed by atoms with E-state index in [1.807, 2.05) is 0 Å². The molecule has 21 heavy (non-hydrogen) atoms. The van der Waals surface area contributed by atoms with Gasteiger partial charge in [-0.05, 0) is 12.1 Å². The van der Waals surface area contributed by atoms with E-state index in [2.05, 4.69) is 10.1 Å². The third-order valence-electron chi connectivity index (χ3n) is 3.95. The molecule has 8 nitrogen and oxygen atoms in total. The first kappa shape index (κ1) is 14.5. The first-order valence-corrected chi connectivity index (χ1v) is 6.82. The smallest absolute Gasteiger partial charge is 0.158 e. The summed E-state index contributed by atoms with van der Waals surface area (Å²) in [4.78, 5) is 3.86. The Morgan fingerprint density at radius 3 is 2.90 bits per heavy atom. The van der Waals surface area contributed by atoms with Crippen LogP contribution in [0.1, 0.15) is 5.69 Å². The van der Waals surface area contributed by atoms with Crippen LogP contribution in [0.25, 0.3) is 5.52 Å². The molecule has 5 N–H and O–H groups in total. The van der Waals surface area contributed by atoms with E-state index in [4.69, 9.17) is 22.1 Å². The number of aromatic nitrogens is 3. The van der Waals surface area contributed by atoms with Gasteiger partial charge in [0.1, 0.15) is 23.5 Å². The molecule has 1 aliphatic rings. The van der Waals surface area contributed by atoms with Gasteiger partial charge in [0.05, 0.1) is 24.8 Å². The number of aliphatic hydroxyl groups is 3. The number of rotatable bonds is 3. The molecule has 1 fully saturated rings. The Kier molecular flexibility index (Phi) is 3.30. The summed E-state index contributed by atoms with van der Waals surface area (Å²) in [7, 11) is 0. The lowest BCUT2D eigenvalue weighted by molar-refractivity contribution is -0.0982. The Labute approximate surface area is 124 Å². The standard InChI is InChI=1S/C12H15ClN4O4/c13-3-11(4-18)10(19)12(20,5-21-11)8-2-1-7-9(14)15-6-16-17(7)8/h1-2,6,10,18-20H,3-5H2,(H2,14,15,16)/t10-,11-,12+/m1/s1. The van der Waals surface area contributed by atoms with Crippen molar-refractivity contribution in [3.63, 3.8) is 0 Å². The molecule has 1 aliphatic heterocycles. The average Bonchev–Trinajstić information content (AvgIpc) is 3.03. The number of halogens is 1. The Bertz CT molecular complexity index is 674. The first-order valence-electron chi connectivity index (χ1n) is 6.28. The minimum Gasteiger partial charge on any atom is -0.393 e. The van der Waals surface area contributed by atoms with Crippen molar-refractivity contribution in [3.8, 4) is 0 Å². The zero-order chi connectivity index (χ0) is 15.3. The fourth-order valence-corrected chi connectivity index (χ4v) is 2.94. The van der Waals surface area contributed by atoms with Crippen LogP contribution in [0.15, 0.2) is 18.5 Å². The van der Waals surface area contributed by atoms with Gasteiger partial charge < -0.3 is 25.8 Å². The molecule has 2 aromatic heterocycles. The molecule has 0 aromatic carbocycles. The van der Waals surface area contributed by atoms with E-state index in [-0.39, 0.29) is 18.3 Å². The second kappa shape index (κ2) is 4.79. The number of anilines is 1. The zero-order valence-electron chi connectivity index (χ0n) is 11.0. The number of aliphatic hydroxyl groups excluding tert-OH is 2. The Hall–Kier alpha value is -1.45. The minimum absolute atomic E-state index is 0.159. The topological polar surface area (TPSA) is 126 Å². The van der Waals surface area contributed by atoms with Crippen LogP contribution in [-0.4, -0.2) is 60.7 Å². The van der Waals surface area contributed by atoms with Crippen molar-refractivity contribution in [2.45, 2.75) is 17.3 Å². The molecule has 0 aliphatic carbocycles. The van der Waals surface area contributed by atoms with E-state index in [1.54, 1.807) is 12.1 Å². The normalized spacial score (nSPS) is 32.9. The summed E-state index contributed by atoms with van der Waals surface area (Å²) in [6.45, 7) is -0.738. The van der Waals surface area contributed by atoms with Crippen LogP contribution in [0.2, 0.25) is 0 Å². The number of fused-ring (bicyclic) bond motifs is 1. The number of ether oxygens (including phenoxy) is 1. The number of hydrogen-bond donors (Lipinski definition) is 4. The molecule has 0 radical (unpaired) electrons. The van der Waals surface area contributed by atoms with Gasteiger partial charge in [0.2, 0.25) is 0 Å². The number of nitrogens with zero attached hydrogens (tertiary/aromatic N) is 3. The zero-order valence-corrected chi connectivity index (χ0v) is 11.7. The van der Waals surface area contributed by atoms with Crippen LogP contribution >= 0.6 is 11.6 Å². The third kappa shape index (κ3) is 1.84. The fourth-order valence-electron chi connectivity index (χ4n) is 2.63. The van der Waals surface area contributed by atoms with E-state index < -0.39 is 23.9 Å². The van der Waals surface area contributed by atoms with E-state index in [0.29, 0.717) is 11.2 Å². The molecule has 0 bridgehead atoms. The number of alkyl halides is 1. The van der Waals surface area contributed by atoms with Gasteiger partial charge in [-0.1, -0.05) is 0 Å². The summed E-state index contributed by atoms with van der Waals surface area (Å²) < 4.78 is 6.79. The van der Waals surface area contributed by atoms with Gasteiger partial charge in [-0.3, -0.25) is 0 Å². The maximum absolute atomic E-state index is 10.8. The highest BCUT2D eigenvalue weighted by Crippen LogP contribution is 2.41. The Balaban J connectivity index is 2.12. The van der Waals surface area contributed by atoms with Gasteiger partial charge >= 0.3 is 0 Å². The van der Waals surface area contributed by atoms with Crippen LogP contribution in [0.5, 0.6) is 0 Å². The van der Waals surface area contributed by atoms with Gasteiger partial charge in [-0.2, -0.15) is 5.10 Å². The molecule has 114 valence electrons. The summed E-state index contributed by atoms with van der Waals surface area (Å²) >= 11 is 5.78. The monoisotopic (exact) mass is 314 g/mol. The van der Waals surface area contributed by atoms with Crippen molar-refractivity contribution in [2.24, 2.45) is 0 Å². The fraction of sp³-hybridized carbons (Fsp3) is 0.500. The lowest BCUT2D eigenvalue weighted by atomic mass is 9.86. The van der Waals surface area contributed by atoms with Crippen molar-refractivity contribution in [1.82, 2.24) is 14.6 Å². The summed E-state index contributed by atoms with van der Waals surface area (Å²) in [5.41, 5.74) is 3.36. The number of hydrogen-bond acceptors (Lipinski definition) is 7. The predicted octanol–water partition coefficient (Wildman–Crippen LogP) is -1.14. The summed E-state index contributed by atoms with van der Waals surface area (Å²) in [5, 5.41) is 34.8. The number of nitrogens with two attached hydrogens (primary N) is 1.